The molecule has 2 aliphatic rings. The molecular weight excluding hydrogens is 535 g/mol. The second-order valence-electron chi connectivity index (χ2n) is 12.5. The van der Waals surface area contributed by atoms with Crippen molar-refractivity contribution in [1.29, 1.82) is 0 Å². The highest BCUT2D eigenvalue weighted by molar-refractivity contribution is 6.42. The van der Waals surface area contributed by atoms with Crippen molar-refractivity contribution in [2.75, 3.05) is 26.7 Å². The molecule has 5 rings (SSSR count). The Balaban J connectivity index is 1.38. The van der Waals surface area contributed by atoms with E-state index in [-0.39, 0.29) is 22.7 Å². The third-order valence-electron chi connectivity index (χ3n) is 8.89. The van der Waals surface area contributed by atoms with E-state index in [0.29, 0.717) is 22.2 Å². The number of likely N-dealkylation sites (N-methyl/N-ethyl adjacent to an activating group) is 1. The Bertz CT molecular complexity index is 1400. The van der Waals surface area contributed by atoms with E-state index in [2.05, 4.69) is 74.6 Å². The molecule has 0 saturated carbocycles. The lowest BCUT2D eigenvalue weighted by Gasteiger charge is -2.38. The first-order chi connectivity index (χ1) is 19.1. The average Bonchev–Trinajstić information content (AvgIpc) is 3.24. The summed E-state index contributed by atoms with van der Waals surface area (Å²) in [6.07, 6.45) is 6.57. The molecule has 3 aromatic carbocycles. The zero-order valence-electron chi connectivity index (χ0n) is 24.1. The molecule has 5 heteroatoms. The molecule has 1 N–H and O–H groups in total. The largest absolute Gasteiger partial charge is 0.341 e. The van der Waals surface area contributed by atoms with Gasteiger partial charge in [0.05, 0.1) is 10.0 Å². The third kappa shape index (κ3) is 5.88. The van der Waals surface area contributed by atoms with Gasteiger partial charge in [0.25, 0.3) is 5.91 Å². The summed E-state index contributed by atoms with van der Waals surface area (Å²) >= 11 is 12.8. The zero-order chi connectivity index (χ0) is 28.5. The van der Waals surface area contributed by atoms with Crippen LogP contribution in [0.15, 0.2) is 72.3 Å². The lowest BCUT2D eigenvalue weighted by Crippen LogP contribution is -2.40. The molecule has 1 spiro atoms. The van der Waals surface area contributed by atoms with Gasteiger partial charge >= 0.3 is 0 Å². The molecule has 1 aliphatic heterocycles. The lowest BCUT2D eigenvalue weighted by molar-refractivity contribution is 0.0784. The van der Waals surface area contributed by atoms with Crippen LogP contribution >= 0.6 is 23.2 Å². The maximum Gasteiger partial charge on any atom is 0.253 e. The van der Waals surface area contributed by atoms with E-state index >= 15 is 0 Å². The lowest BCUT2D eigenvalue weighted by atomic mass is 9.69. The van der Waals surface area contributed by atoms with Gasteiger partial charge in [0.15, 0.2) is 0 Å². The minimum absolute atomic E-state index is 0.0350. The Labute approximate surface area is 249 Å². The van der Waals surface area contributed by atoms with Crippen molar-refractivity contribution in [3.63, 3.8) is 0 Å². The van der Waals surface area contributed by atoms with Gasteiger partial charge in [-0.1, -0.05) is 98.1 Å². The van der Waals surface area contributed by atoms with Crippen LogP contribution in [0.3, 0.4) is 0 Å². The number of hydrogen-bond donors (Lipinski definition) is 1. The fourth-order valence-electron chi connectivity index (χ4n) is 6.52. The number of amides is 1. The number of carbonyl (C=O) groups excluding carboxylic acids is 1. The number of nitrogens with one attached hydrogen (secondary N) is 1. The summed E-state index contributed by atoms with van der Waals surface area (Å²) in [5, 5.41) is 4.66. The Morgan fingerprint density at radius 1 is 0.975 bits per heavy atom. The predicted molar refractivity (Wildman–Crippen MR) is 169 cm³/mol. The standard InChI is InChI=1S/C35H40Cl2N2O/c1-34(2,3)28-13-9-24(10-14-28)33(40)39(4)23-27(25-12-16-31(36)32(37)22-25)11-15-29-21-26-7-5-6-8-30(26)35(29)17-19-38-20-18-35/h5-10,12-14,16,21-22,27,38H,11,15,17-20,23H2,1-4H3/t27-/m1/s1. The van der Waals surface area contributed by atoms with Gasteiger partial charge in [-0.2, -0.15) is 0 Å². The molecule has 210 valence electrons. The van der Waals surface area contributed by atoms with Crippen LogP contribution in [0.5, 0.6) is 0 Å². The number of nitrogens with zero attached hydrogens (tertiary/aromatic N) is 1. The maximum absolute atomic E-state index is 13.5. The number of fused-ring (bicyclic) bond motifs is 2. The number of benzene rings is 3. The van der Waals surface area contributed by atoms with Crippen molar-refractivity contribution in [3.8, 4) is 0 Å². The molecule has 1 saturated heterocycles. The second-order valence-corrected chi connectivity index (χ2v) is 13.3. The molecule has 0 aromatic heterocycles. The van der Waals surface area contributed by atoms with Crippen LogP contribution in [0.25, 0.3) is 6.08 Å². The zero-order valence-corrected chi connectivity index (χ0v) is 25.6. The molecular formula is C35H40Cl2N2O. The van der Waals surface area contributed by atoms with Gasteiger partial charge in [-0.3, -0.25) is 4.79 Å². The molecule has 1 aliphatic carbocycles. The highest BCUT2D eigenvalue weighted by Gasteiger charge is 2.41. The summed E-state index contributed by atoms with van der Waals surface area (Å²) in [6, 6.07) is 22.8. The average molecular weight is 576 g/mol. The van der Waals surface area contributed by atoms with Crippen molar-refractivity contribution in [2.45, 2.75) is 63.2 Å². The van der Waals surface area contributed by atoms with Gasteiger partial charge in [-0.25, -0.2) is 0 Å². The monoisotopic (exact) mass is 574 g/mol. The summed E-state index contributed by atoms with van der Waals surface area (Å²) in [6.45, 7) is 9.23. The van der Waals surface area contributed by atoms with Crippen LogP contribution < -0.4 is 5.32 Å². The first-order valence-electron chi connectivity index (χ1n) is 14.4. The first-order valence-corrected chi connectivity index (χ1v) is 15.2. The van der Waals surface area contributed by atoms with E-state index in [1.807, 2.05) is 36.2 Å². The quantitative estimate of drug-likeness (QED) is 0.306. The first kappa shape index (κ1) is 28.9. The molecule has 3 aromatic rings. The van der Waals surface area contributed by atoms with E-state index < -0.39 is 0 Å². The van der Waals surface area contributed by atoms with Crippen molar-refractivity contribution >= 4 is 35.2 Å². The number of hydrogen-bond acceptors (Lipinski definition) is 2. The van der Waals surface area contributed by atoms with E-state index in [9.17, 15) is 4.79 Å². The minimum Gasteiger partial charge on any atom is -0.341 e. The fraction of sp³-hybridized carbons (Fsp3) is 0.400. The molecule has 1 amide bonds. The van der Waals surface area contributed by atoms with Gasteiger partial charge in [-0.15, -0.1) is 0 Å². The number of halogens is 2. The summed E-state index contributed by atoms with van der Waals surface area (Å²) < 4.78 is 0. The van der Waals surface area contributed by atoms with Crippen LogP contribution in [0.4, 0.5) is 0 Å². The predicted octanol–water partition coefficient (Wildman–Crippen LogP) is 8.65. The molecule has 40 heavy (non-hydrogen) atoms. The molecule has 3 nitrogen and oxygen atoms in total. The van der Waals surface area contributed by atoms with Gasteiger partial charge in [0.1, 0.15) is 0 Å². The van der Waals surface area contributed by atoms with Crippen molar-refractivity contribution < 1.29 is 4.79 Å². The molecule has 0 radical (unpaired) electrons. The molecule has 1 heterocycles. The summed E-state index contributed by atoms with van der Waals surface area (Å²) in [4.78, 5) is 15.4. The van der Waals surface area contributed by atoms with Crippen molar-refractivity contribution in [3.05, 3.63) is 110 Å². The normalized spacial score (nSPS) is 16.9. The summed E-state index contributed by atoms with van der Waals surface area (Å²) in [5.41, 5.74) is 7.57. The number of piperidine rings is 1. The van der Waals surface area contributed by atoms with Crippen molar-refractivity contribution in [1.82, 2.24) is 10.2 Å². The van der Waals surface area contributed by atoms with Crippen LogP contribution in [0, 0.1) is 0 Å². The molecule has 1 fully saturated rings. The number of allylic oxidation sites excluding steroid dienone is 1. The SMILES string of the molecule is CN(C[C@@H](CCC1=Cc2ccccc2C12CCNCC2)c1ccc(Cl)c(Cl)c1)C(=O)c1ccc(C(C)(C)C)cc1. The maximum atomic E-state index is 13.5. The van der Waals surface area contributed by atoms with Crippen LogP contribution in [-0.4, -0.2) is 37.5 Å². The van der Waals surface area contributed by atoms with Gasteiger partial charge in [0.2, 0.25) is 0 Å². The fourth-order valence-corrected chi connectivity index (χ4v) is 6.83. The van der Waals surface area contributed by atoms with Crippen molar-refractivity contribution in [2.24, 2.45) is 0 Å². The van der Waals surface area contributed by atoms with E-state index in [1.54, 1.807) is 0 Å². The minimum atomic E-state index is 0.0350. The summed E-state index contributed by atoms with van der Waals surface area (Å²) in [5.74, 6) is 0.161. The number of rotatable bonds is 7. The highest BCUT2D eigenvalue weighted by atomic mass is 35.5. The topological polar surface area (TPSA) is 32.3 Å². The van der Waals surface area contributed by atoms with Gasteiger partial charge in [0, 0.05) is 30.5 Å². The van der Waals surface area contributed by atoms with Crippen LogP contribution in [-0.2, 0) is 10.8 Å². The Morgan fingerprint density at radius 2 is 1.68 bits per heavy atom. The van der Waals surface area contributed by atoms with E-state index in [0.717, 1.165) is 44.3 Å². The number of carbonyl (C=O) groups is 1. The Kier molecular flexibility index (Phi) is 8.47. The van der Waals surface area contributed by atoms with Gasteiger partial charge < -0.3 is 10.2 Å². The Hall–Kier alpha value is -2.59. The smallest absolute Gasteiger partial charge is 0.253 e. The van der Waals surface area contributed by atoms with Crippen LogP contribution in [0.1, 0.15) is 85.0 Å². The van der Waals surface area contributed by atoms with E-state index in [4.69, 9.17) is 23.2 Å². The van der Waals surface area contributed by atoms with Crippen LogP contribution in [0.2, 0.25) is 10.0 Å². The Morgan fingerprint density at radius 3 is 2.35 bits per heavy atom. The molecule has 0 bridgehead atoms. The van der Waals surface area contributed by atoms with Gasteiger partial charge in [-0.05, 0) is 90.7 Å². The van der Waals surface area contributed by atoms with E-state index in [1.165, 1.54) is 22.3 Å². The second kappa shape index (κ2) is 11.7. The third-order valence-corrected chi connectivity index (χ3v) is 9.63. The molecule has 1 atom stereocenters. The molecule has 0 unspecified atom stereocenters. The summed E-state index contributed by atoms with van der Waals surface area (Å²) in [7, 11) is 1.91. The highest BCUT2D eigenvalue weighted by Crippen LogP contribution is 2.50.